The van der Waals surface area contributed by atoms with Crippen LogP contribution in [0.25, 0.3) is 0 Å². The van der Waals surface area contributed by atoms with Crippen LogP contribution >= 0.6 is 0 Å². The minimum absolute atomic E-state index is 0.0725. The van der Waals surface area contributed by atoms with Crippen LogP contribution in [0.15, 0.2) is 53.4 Å². The first kappa shape index (κ1) is 18.5. The Balaban J connectivity index is 1.94. The number of hydrogen-bond donors (Lipinski definition) is 2. The molecule has 132 valence electrons. The van der Waals surface area contributed by atoms with Crippen LogP contribution in [0.2, 0.25) is 0 Å². The molecule has 0 atom stereocenters. The molecule has 0 fully saturated rings. The summed E-state index contributed by atoms with van der Waals surface area (Å²) in [5, 5.41) is 2.60. The molecule has 0 bridgehead atoms. The number of carbonyl (C=O) groups is 2. The molecule has 0 aliphatic heterocycles. The van der Waals surface area contributed by atoms with Crippen molar-refractivity contribution >= 4 is 27.5 Å². The SMILES string of the molecule is CC(=O)NS(=O)(=O)c1ccc(NC(=O)COc2cccc(C)c2)cc1. The summed E-state index contributed by atoms with van der Waals surface area (Å²) < 4.78 is 30.9. The Morgan fingerprint density at radius 3 is 2.36 bits per heavy atom. The first-order valence-corrected chi connectivity index (χ1v) is 8.87. The van der Waals surface area contributed by atoms with Crippen molar-refractivity contribution in [1.82, 2.24) is 4.72 Å². The Morgan fingerprint density at radius 1 is 1.08 bits per heavy atom. The van der Waals surface area contributed by atoms with Crippen LogP contribution in [-0.4, -0.2) is 26.8 Å². The van der Waals surface area contributed by atoms with Crippen molar-refractivity contribution in [2.75, 3.05) is 11.9 Å². The third-order valence-corrected chi connectivity index (χ3v) is 4.53. The van der Waals surface area contributed by atoms with Crippen LogP contribution in [0.1, 0.15) is 12.5 Å². The molecule has 2 amide bonds. The van der Waals surface area contributed by atoms with Gasteiger partial charge in [-0.3, -0.25) is 9.59 Å². The van der Waals surface area contributed by atoms with E-state index in [2.05, 4.69) is 5.32 Å². The fourth-order valence-electron chi connectivity index (χ4n) is 2.02. The molecule has 25 heavy (non-hydrogen) atoms. The number of sulfonamides is 1. The fourth-order valence-corrected chi connectivity index (χ4v) is 3.01. The molecule has 0 spiro atoms. The van der Waals surface area contributed by atoms with E-state index in [1.54, 1.807) is 6.07 Å². The van der Waals surface area contributed by atoms with Gasteiger partial charge in [-0.05, 0) is 48.9 Å². The second-order valence-corrected chi connectivity index (χ2v) is 7.02. The van der Waals surface area contributed by atoms with Crippen molar-refractivity contribution in [3.63, 3.8) is 0 Å². The van der Waals surface area contributed by atoms with Gasteiger partial charge in [0.2, 0.25) is 5.91 Å². The number of carbonyl (C=O) groups excluding carboxylic acids is 2. The fraction of sp³-hybridized carbons (Fsp3) is 0.176. The summed E-state index contributed by atoms with van der Waals surface area (Å²) in [5.74, 6) is -0.462. The molecule has 0 radical (unpaired) electrons. The van der Waals surface area contributed by atoms with E-state index in [0.29, 0.717) is 11.4 Å². The Kier molecular flexibility index (Phi) is 5.76. The van der Waals surface area contributed by atoms with Gasteiger partial charge in [0.1, 0.15) is 5.75 Å². The number of hydrogen-bond acceptors (Lipinski definition) is 5. The van der Waals surface area contributed by atoms with Crippen molar-refractivity contribution in [1.29, 1.82) is 0 Å². The summed E-state index contributed by atoms with van der Waals surface area (Å²) in [6.45, 7) is 2.86. The second-order valence-electron chi connectivity index (χ2n) is 5.34. The first-order valence-electron chi connectivity index (χ1n) is 7.39. The van der Waals surface area contributed by atoms with Crippen LogP contribution in [-0.2, 0) is 19.6 Å². The van der Waals surface area contributed by atoms with Crippen LogP contribution in [0, 0.1) is 6.92 Å². The minimum Gasteiger partial charge on any atom is -0.484 e. The van der Waals surface area contributed by atoms with Gasteiger partial charge in [-0.2, -0.15) is 0 Å². The normalized spacial score (nSPS) is 10.8. The van der Waals surface area contributed by atoms with Gasteiger partial charge in [0.05, 0.1) is 4.90 Å². The molecule has 2 N–H and O–H groups in total. The quantitative estimate of drug-likeness (QED) is 0.816. The molecule has 2 aromatic rings. The lowest BCUT2D eigenvalue weighted by molar-refractivity contribution is -0.118. The Hall–Kier alpha value is -2.87. The van der Waals surface area contributed by atoms with Crippen LogP contribution in [0.4, 0.5) is 5.69 Å². The number of amides is 2. The zero-order chi connectivity index (χ0) is 18.4. The summed E-state index contributed by atoms with van der Waals surface area (Å²) in [7, 11) is -3.89. The summed E-state index contributed by atoms with van der Waals surface area (Å²) in [6.07, 6.45) is 0. The third kappa shape index (κ3) is 5.61. The van der Waals surface area contributed by atoms with Crippen molar-refractivity contribution in [3.05, 3.63) is 54.1 Å². The number of rotatable bonds is 6. The lowest BCUT2D eigenvalue weighted by Gasteiger charge is -2.09. The van der Waals surface area contributed by atoms with E-state index >= 15 is 0 Å². The molecule has 2 aromatic carbocycles. The monoisotopic (exact) mass is 362 g/mol. The predicted molar refractivity (Wildman–Crippen MR) is 92.7 cm³/mol. The van der Waals surface area contributed by atoms with Gasteiger partial charge in [0, 0.05) is 12.6 Å². The van der Waals surface area contributed by atoms with Crippen molar-refractivity contribution in [2.45, 2.75) is 18.7 Å². The number of aryl methyl sites for hydroxylation is 1. The van der Waals surface area contributed by atoms with Gasteiger partial charge in [-0.25, -0.2) is 13.1 Å². The van der Waals surface area contributed by atoms with Gasteiger partial charge in [-0.1, -0.05) is 12.1 Å². The molecule has 0 heterocycles. The maximum atomic E-state index is 11.9. The van der Waals surface area contributed by atoms with Gasteiger partial charge >= 0.3 is 0 Å². The van der Waals surface area contributed by atoms with E-state index < -0.39 is 15.9 Å². The van der Waals surface area contributed by atoms with Gasteiger partial charge in [0.25, 0.3) is 15.9 Å². The summed E-state index contributed by atoms with van der Waals surface area (Å²) >= 11 is 0. The van der Waals surface area contributed by atoms with E-state index in [-0.39, 0.29) is 17.4 Å². The van der Waals surface area contributed by atoms with Gasteiger partial charge in [0.15, 0.2) is 6.61 Å². The van der Waals surface area contributed by atoms with Crippen molar-refractivity contribution < 1.29 is 22.7 Å². The average molecular weight is 362 g/mol. The summed E-state index contributed by atoms with van der Waals surface area (Å²) in [6, 6.07) is 12.8. The highest BCUT2D eigenvalue weighted by Crippen LogP contribution is 2.15. The molecule has 0 aliphatic carbocycles. The zero-order valence-electron chi connectivity index (χ0n) is 13.8. The molecule has 0 aromatic heterocycles. The maximum Gasteiger partial charge on any atom is 0.264 e. The Labute approximate surface area is 146 Å². The topological polar surface area (TPSA) is 102 Å². The lowest BCUT2D eigenvalue weighted by atomic mass is 10.2. The molecule has 0 aliphatic rings. The molecule has 7 nitrogen and oxygen atoms in total. The Bertz CT molecular complexity index is 876. The highest BCUT2D eigenvalue weighted by Gasteiger charge is 2.15. The maximum absolute atomic E-state index is 11.9. The van der Waals surface area contributed by atoms with E-state index in [0.717, 1.165) is 12.5 Å². The van der Waals surface area contributed by atoms with Crippen molar-refractivity contribution in [3.8, 4) is 5.75 Å². The number of benzene rings is 2. The molecule has 0 saturated carbocycles. The lowest BCUT2D eigenvalue weighted by Crippen LogP contribution is -2.28. The molecule has 0 saturated heterocycles. The third-order valence-electron chi connectivity index (χ3n) is 3.09. The largest absolute Gasteiger partial charge is 0.484 e. The molecular weight excluding hydrogens is 344 g/mol. The Morgan fingerprint density at radius 2 is 1.76 bits per heavy atom. The smallest absolute Gasteiger partial charge is 0.264 e. The van der Waals surface area contributed by atoms with Gasteiger partial charge < -0.3 is 10.1 Å². The highest BCUT2D eigenvalue weighted by molar-refractivity contribution is 7.90. The number of ether oxygens (including phenoxy) is 1. The molecule has 0 unspecified atom stereocenters. The molecule has 2 rings (SSSR count). The van der Waals surface area contributed by atoms with Crippen LogP contribution in [0.5, 0.6) is 5.75 Å². The van der Waals surface area contributed by atoms with E-state index in [1.807, 2.05) is 29.8 Å². The summed E-state index contributed by atoms with van der Waals surface area (Å²) in [5.41, 5.74) is 1.44. The standard InChI is InChI=1S/C17H18N2O5S/c1-12-4-3-5-15(10-12)24-11-17(21)18-14-6-8-16(9-7-14)25(22,23)19-13(2)20/h3-10H,11H2,1-2H3,(H,18,21)(H,19,20). The van der Waals surface area contributed by atoms with Crippen LogP contribution in [0.3, 0.4) is 0 Å². The molecule has 8 heteroatoms. The second kappa shape index (κ2) is 7.80. The van der Waals surface area contributed by atoms with E-state index in [4.69, 9.17) is 4.74 Å². The van der Waals surface area contributed by atoms with Gasteiger partial charge in [-0.15, -0.1) is 0 Å². The number of anilines is 1. The number of nitrogens with one attached hydrogen (secondary N) is 2. The van der Waals surface area contributed by atoms with E-state index in [1.165, 1.54) is 24.3 Å². The van der Waals surface area contributed by atoms with E-state index in [9.17, 15) is 18.0 Å². The first-order chi connectivity index (χ1) is 11.8. The highest BCUT2D eigenvalue weighted by atomic mass is 32.2. The summed E-state index contributed by atoms with van der Waals surface area (Å²) in [4.78, 5) is 22.7. The predicted octanol–water partition coefficient (Wildman–Crippen LogP) is 1.84. The minimum atomic E-state index is -3.89. The molecular formula is C17H18N2O5S. The van der Waals surface area contributed by atoms with Crippen LogP contribution < -0.4 is 14.8 Å². The zero-order valence-corrected chi connectivity index (χ0v) is 14.6. The average Bonchev–Trinajstić information content (AvgIpc) is 2.52. The van der Waals surface area contributed by atoms with Crippen molar-refractivity contribution in [2.24, 2.45) is 0 Å².